The van der Waals surface area contributed by atoms with Crippen LogP contribution in [0.25, 0.3) is 5.76 Å². The third-order valence-corrected chi connectivity index (χ3v) is 5.55. The topological polar surface area (TPSA) is 76.1 Å². The zero-order chi connectivity index (χ0) is 19.6. The average molecular weight is 408 g/mol. The molecule has 2 aromatic rings. The molecule has 0 spiro atoms. The van der Waals surface area contributed by atoms with E-state index in [0.717, 1.165) is 4.88 Å². The first kappa shape index (κ1) is 19.4. The van der Waals surface area contributed by atoms with Gasteiger partial charge < -0.3 is 19.5 Å². The zero-order valence-electron chi connectivity index (χ0n) is 14.8. The van der Waals surface area contributed by atoms with Gasteiger partial charge in [0, 0.05) is 24.1 Å². The third-order valence-electron chi connectivity index (χ3n) is 4.31. The van der Waals surface area contributed by atoms with E-state index in [1.807, 2.05) is 17.5 Å². The summed E-state index contributed by atoms with van der Waals surface area (Å²) < 4.78 is 10.2. The van der Waals surface area contributed by atoms with Crippen LogP contribution in [0.3, 0.4) is 0 Å². The second-order valence-corrected chi connectivity index (χ2v) is 7.24. The van der Waals surface area contributed by atoms with E-state index >= 15 is 0 Å². The Balaban J connectivity index is 2.14. The lowest BCUT2D eigenvalue weighted by Crippen LogP contribution is -2.32. The van der Waals surface area contributed by atoms with E-state index in [1.165, 1.54) is 36.5 Å². The smallest absolute Gasteiger partial charge is 0.295 e. The number of ketones is 1. The minimum atomic E-state index is -0.726. The predicted octanol–water partition coefficient (Wildman–Crippen LogP) is 3.48. The van der Waals surface area contributed by atoms with Gasteiger partial charge in [0.05, 0.1) is 30.4 Å². The van der Waals surface area contributed by atoms with Gasteiger partial charge in [0.2, 0.25) is 0 Å². The number of halogens is 1. The van der Waals surface area contributed by atoms with Crippen LogP contribution in [-0.4, -0.2) is 49.1 Å². The Bertz CT molecular complexity index is 894. The van der Waals surface area contributed by atoms with Crippen molar-refractivity contribution >= 4 is 40.4 Å². The van der Waals surface area contributed by atoms with Gasteiger partial charge >= 0.3 is 0 Å². The fourth-order valence-electron chi connectivity index (χ4n) is 3.01. The van der Waals surface area contributed by atoms with Crippen LogP contribution in [0.4, 0.5) is 0 Å². The van der Waals surface area contributed by atoms with E-state index < -0.39 is 17.7 Å². The molecule has 2 heterocycles. The van der Waals surface area contributed by atoms with E-state index in [9.17, 15) is 14.7 Å². The van der Waals surface area contributed by atoms with Gasteiger partial charge in [-0.2, -0.15) is 0 Å². The van der Waals surface area contributed by atoms with Crippen molar-refractivity contribution in [2.24, 2.45) is 0 Å². The number of aliphatic hydroxyl groups is 1. The van der Waals surface area contributed by atoms with Gasteiger partial charge in [0.1, 0.15) is 11.5 Å². The van der Waals surface area contributed by atoms with Gasteiger partial charge in [-0.25, -0.2) is 0 Å². The highest BCUT2D eigenvalue weighted by molar-refractivity contribution is 7.10. The Morgan fingerprint density at radius 3 is 2.70 bits per heavy atom. The lowest BCUT2D eigenvalue weighted by molar-refractivity contribution is -0.140. The maximum Gasteiger partial charge on any atom is 0.295 e. The fraction of sp³-hybridized carbons (Fsp3) is 0.263. The fourth-order valence-corrected chi connectivity index (χ4v) is 4.05. The monoisotopic (exact) mass is 407 g/mol. The number of ether oxygens (including phenoxy) is 2. The quantitative estimate of drug-likeness (QED) is 0.450. The number of carbonyl (C=O) groups excluding carboxylic acids is 2. The molecule has 1 N–H and O–H groups in total. The van der Waals surface area contributed by atoms with Crippen molar-refractivity contribution < 1.29 is 24.2 Å². The van der Waals surface area contributed by atoms with Crippen molar-refractivity contribution in [2.45, 2.75) is 6.04 Å². The summed E-state index contributed by atoms with van der Waals surface area (Å²) in [6.45, 7) is 0.522. The van der Waals surface area contributed by atoms with Gasteiger partial charge in [0.25, 0.3) is 11.7 Å². The molecule has 0 radical (unpaired) electrons. The summed E-state index contributed by atoms with van der Waals surface area (Å²) >= 11 is 7.45. The number of aliphatic hydroxyl groups excluding tert-OH is 1. The maximum absolute atomic E-state index is 12.7. The first-order valence-electron chi connectivity index (χ1n) is 8.14. The molecule has 1 saturated heterocycles. The van der Waals surface area contributed by atoms with Crippen molar-refractivity contribution in [2.75, 3.05) is 27.4 Å². The molecule has 27 heavy (non-hydrogen) atoms. The van der Waals surface area contributed by atoms with Gasteiger partial charge in [0.15, 0.2) is 0 Å². The van der Waals surface area contributed by atoms with Crippen LogP contribution in [0.2, 0.25) is 5.02 Å². The number of hydrogen-bond acceptors (Lipinski definition) is 6. The number of rotatable bonds is 6. The molecule has 1 aliphatic heterocycles. The summed E-state index contributed by atoms with van der Waals surface area (Å²) in [4.78, 5) is 27.5. The van der Waals surface area contributed by atoms with Gasteiger partial charge in [-0.1, -0.05) is 17.7 Å². The lowest BCUT2D eigenvalue weighted by Gasteiger charge is -2.23. The van der Waals surface area contributed by atoms with E-state index in [2.05, 4.69) is 0 Å². The molecule has 0 bridgehead atoms. The van der Waals surface area contributed by atoms with Gasteiger partial charge in [-0.15, -0.1) is 11.3 Å². The second-order valence-electron chi connectivity index (χ2n) is 5.85. The van der Waals surface area contributed by atoms with Crippen molar-refractivity contribution in [3.8, 4) is 5.75 Å². The van der Waals surface area contributed by atoms with Gasteiger partial charge in [-0.05, 0) is 29.6 Å². The van der Waals surface area contributed by atoms with Crippen LogP contribution >= 0.6 is 22.9 Å². The summed E-state index contributed by atoms with van der Waals surface area (Å²) in [6.07, 6.45) is 0. The molecule has 0 saturated carbocycles. The number of carbonyl (C=O) groups is 2. The number of amides is 1. The Morgan fingerprint density at radius 1 is 1.30 bits per heavy atom. The molecule has 1 amide bonds. The summed E-state index contributed by atoms with van der Waals surface area (Å²) in [5.41, 5.74) is 0.394. The molecular weight excluding hydrogens is 390 g/mol. The first-order chi connectivity index (χ1) is 13.0. The van der Waals surface area contributed by atoms with E-state index in [0.29, 0.717) is 16.3 Å². The molecule has 1 aromatic carbocycles. The van der Waals surface area contributed by atoms with Crippen molar-refractivity contribution in [3.05, 3.63) is 56.7 Å². The van der Waals surface area contributed by atoms with Crippen molar-refractivity contribution in [1.82, 2.24) is 4.90 Å². The largest absolute Gasteiger partial charge is 0.507 e. The minimum Gasteiger partial charge on any atom is -0.507 e. The molecule has 0 aliphatic carbocycles. The van der Waals surface area contributed by atoms with Crippen LogP contribution in [0, 0.1) is 0 Å². The molecular formula is C19H18ClNO5S. The molecule has 6 nitrogen and oxygen atoms in total. The molecule has 1 aromatic heterocycles. The molecule has 1 atom stereocenters. The number of likely N-dealkylation sites (tertiary alicyclic amines) is 1. The molecule has 1 fully saturated rings. The zero-order valence-corrected chi connectivity index (χ0v) is 16.3. The van der Waals surface area contributed by atoms with E-state index in [-0.39, 0.29) is 24.5 Å². The molecule has 1 unspecified atom stereocenters. The summed E-state index contributed by atoms with van der Waals surface area (Å²) in [5.74, 6) is -1.28. The summed E-state index contributed by atoms with van der Waals surface area (Å²) in [5, 5.41) is 13.1. The Labute approximate surface area is 165 Å². The number of methoxy groups -OCH3 is 2. The Morgan fingerprint density at radius 2 is 2.07 bits per heavy atom. The average Bonchev–Trinajstić information content (AvgIpc) is 3.28. The summed E-state index contributed by atoms with van der Waals surface area (Å²) in [7, 11) is 2.98. The first-order valence-corrected chi connectivity index (χ1v) is 9.40. The summed E-state index contributed by atoms with van der Waals surface area (Å²) in [6, 6.07) is 7.68. The minimum absolute atomic E-state index is 0.0444. The SMILES string of the molecule is COCCN1C(=O)C(=O)/C(=C(\O)c2ccc(Cl)c(OC)c2)C1c1cccs1. The van der Waals surface area contributed by atoms with Crippen LogP contribution < -0.4 is 4.74 Å². The number of Topliss-reactive ketones (excluding diaryl/α,β-unsaturated/α-hetero) is 1. The maximum atomic E-state index is 12.7. The van der Waals surface area contributed by atoms with E-state index in [4.69, 9.17) is 21.1 Å². The molecule has 3 rings (SSSR count). The van der Waals surface area contributed by atoms with Crippen molar-refractivity contribution in [1.29, 1.82) is 0 Å². The van der Waals surface area contributed by atoms with E-state index in [1.54, 1.807) is 12.1 Å². The van der Waals surface area contributed by atoms with Crippen LogP contribution in [0.1, 0.15) is 16.5 Å². The second kappa shape index (κ2) is 8.12. The number of hydrogen-bond donors (Lipinski definition) is 1. The number of benzene rings is 1. The standard InChI is InChI=1S/C19H18ClNO5S/c1-25-8-7-21-16(14-4-3-9-27-14)15(18(23)19(21)24)17(22)11-5-6-12(20)13(10-11)26-2/h3-6,9-10,16,22H,7-8H2,1-2H3/b17-15-. The van der Waals surface area contributed by atoms with Gasteiger partial charge in [-0.3, -0.25) is 9.59 Å². The Kier molecular flexibility index (Phi) is 5.84. The highest BCUT2D eigenvalue weighted by Crippen LogP contribution is 2.41. The highest BCUT2D eigenvalue weighted by atomic mass is 35.5. The number of nitrogens with zero attached hydrogens (tertiary/aromatic N) is 1. The molecule has 142 valence electrons. The van der Waals surface area contributed by atoms with Crippen LogP contribution in [0.5, 0.6) is 5.75 Å². The van der Waals surface area contributed by atoms with Crippen LogP contribution in [-0.2, 0) is 14.3 Å². The number of thiophene rings is 1. The van der Waals surface area contributed by atoms with Crippen molar-refractivity contribution in [3.63, 3.8) is 0 Å². The molecule has 8 heteroatoms. The normalized spacial score (nSPS) is 18.9. The third kappa shape index (κ3) is 3.58. The predicted molar refractivity (Wildman–Crippen MR) is 103 cm³/mol. The Hall–Kier alpha value is -2.35. The highest BCUT2D eigenvalue weighted by Gasteiger charge is 2.46. The lowest BCUT2D eigenvalue weighted by atomic mass is 9.99. The van der Waals surface area contributed by atoms with Crippen LogP contribution in [0.15, 0.2) is 41.3 Å². The molecule has 1 aliphatic rings.